The van der Waals surface area contributed by atoms with Gasteiger partial charge in [-0.1, -0.05) is 12.7 Å². The second-order valence-corrected chi connectivity index (χ2v) is 10.2. The normalized spacial score (nSPS) is 61.8. The van der Waals surface area contributed by atoms with Gasteiger partial charge in [0.05, 0.1) is 30.0 Å². The molecule has 0 aromatic rings. The minimum absolute atomic E-state index is 0.0481. The van der Waals surface area contributed by atoms with Crippen LogP contribution in [-0.4, -0.2) is 89.4 Å². The zero-order valence-electron chi connectivity index (χ0n) is 17.0. The minimum atomic E-state index is -1.40. The minimum Gasteiger partial charge on any atom is -0.390 e. The second kappa shape index (κ2) is 5.21. The van der Waals surface area contributed by atoms with Crippen molar-refractivity contribution >= 4 is 6.29 Å². The number of carbonyl (C=O) groups excluding carboxylic acids is 1. The Morgan fingerprint density at radius 1 is 1.21 bits per heavy atom. The summed E-state index contributed by atoms with van der Waals surface area (Å²) in [6.07, 6.45) is 1.57. The maximum atomic E-state index is 12.2. The van der Waals surface area contributed by atoms with Gasteiger partial charge in [0.2, 0.25) is 0 Å². The largest absolute Gasteiger partial charge is 0.390 e. The van der Waals surface area contributed by atoms with E-state index in [0.29, 0.717) is 12.0 Å². The molecule has 7 rings (SSSR count). The van der Waals surface area contributed by atoms with Crippen LogP contribution < -0.4 is 0 Å². The molecule has 2 aliphatic heterocycles. The van der Waals surface area contributed by atoms with E-state index in [0.717, 1.165) is 11.9 Å². The Bertz CT molecular complexity index is 858. The fourth-order valence-corrected chi connectivity index (χ4v) is 9.20. The zero-order valence-corrected chi connectivity index (χ0v) is 17.0. The van der Waals surface area contributed by atoms with Crippen LogP contribution in [0.15, 0.2) is 23.8 Å². The molecule has 7 bridgehead atoms. The molecule has 1 spiro atoms. The first-order chi connectivity index (χ1) is 13.7. The first kappa shape index (κ1) is 18.7. The maximum Gasteiger partial charge on any atom is 0.147 e. The summed E-state index contributed by atoms with van der Waals surface area (Å²) in [5.74, 6) is -1.02. The van der Waals surface area contributed by atoms with E-state index in [4.69, 9.17) is 9.47 Å². The number of piperidine rings is 1. The number of fused-ring (bicyclic) bond motifs is 2. The van der Waals surface area contributed by atoms with E-state index >= 15 is 0 Å². The Balaban J connectivity index is 1.67. The van der Waals surface area contributed by atoms with Gasteiger partial charge in [0, 0.05) is 55.4 Å². The van der Waals surface area contributed by atoms with Crippen LogP contribution in [0.4, 0.5) is 0 Å². The highest BCUT2D eigenvalue weighted by molar-refractivity contribution is 5.79. The summed E-state index contributed by atoms with van der Waals surface area (Å²) in [5, 5.41) is 34.9. The van der Waals surface area contributed by atoms with Crippen molar-refractivity contribution < 1.29 is 29.6 Å². The molecule has 0 radical (unpaired) electrons. The number of ether oxygens (including phenoxy) is 2. The fraction of sp³-hybridized carbons (Fsp3) is 0.773. The average Bonchev–Trinajstić information content (AvgIpc) is 3.07. The zero-order chi connectivity index (χ0) is 20.7. The van der Waals surface area contributed by atoms with Crippen molar-refractivity contribution in [1.29, 1.82) is 0 Å². The van der Waals surface area contributed by atoms with Crippen LogP contribution in [0, 0.1) is 29.1 Å². The molecule has 158 valence electrons. The number of hydrogen-bond acceptors (Lipinski definition) is 7. The lowest BCUT2D eigenvalue weighted by atomic mass is 9.48. The monoisotopic (exact) mass is 403 g/mol. The lowest BCUT2D eigenvalue weighted by Gasteiger charge is -2.65. The molecule has 0 aromatic carbocycles. The van der Waals surface area contributed by atoms with Gasteiger partial charge >= 0.3 is 0 Å². The number of aliphatic hydroxyl groups is 3. The van der Waals surface area contributed by atoms with Gasteiger partial charge in [-0.05, 0) is 25.0 Å². The van der Waals surface area contributed by atoms with Crippen LogP contribution in [-0.2, 0) is 14.3 Å². The molecule has 12 atom stereocenters. The topological polar surface area (TPSA) is 99.5 Å². The predicted octanol–water partition coefficient (Wildman–Crippen LogP) is -0.497. The van der Waals surface area contributed by atoms with Gasteiger partial charge in [-0.2, -0.15) is 0 Å². The van der Waals surface area contributed by atoms with E-state index in [1.165, 1.54) is 7.11 Å². The van der Waals surface area contributed by atoms with Crippen LogP contribution in [0.5, 0.6) is 0 Å². The van der Waals surface area contributed by atoms with E-state index < -0.39 is 34.7 Å². The molecule has 5 aliphatic carbocycles. The summed E-state index contributed by atoms with van der Waals surface area (Å²) in [7, 11) is 5.19. The van der Waals surface area contributed by atoms with Gasteiger partial charge in [0.15, 0.2) is 0 Å². The third kappa shape index (κ3) is 1.61. The number of methoxy groups -OCH3 is 2. The number of aliphatic hydroxyl groups excluding tert-OH is 1. The van der Waals surface area contributed by atoms with Gasteiger partial charge in [-0.25, -0.2) is 0 Å². The molecule has 2 heterocycles. The summed E-state index contributed by atoms with van der Waals surface area (Å²) in [5.41, 5.74) is -1.50. The van der Waals surface area contributed by atoms with Crippen molar-refractivity contribution in [2.45, 2.75) is 54.4 Å². The van der Waals surface area contributed by atoms with Gasteiger partial charge in [-0.15, -0.1) is 0 Å². The number of nitrogens with zero attached hydrogens (tertiary/aromatic N) is 1. The maximum absolute atomic E-state index is 12.2. The van der Waals surface area contributed by atoms with Crippen LogP contribution in [0.2, 0.25) is 0 Å². The lowest BCUT2D eigenvalue weighted by molar-refractivity contribution is -0.257. The number of likely N-dealkylation sites (N-methyl/N-ethyl adjacent to an activating group) is 1. The molecule has 4 saturated carbocycles. The molecule has 0 unspecified atom stereocenters. The Kier molecular flexibility index (Phi) is 3.35. The highest BCUT2D eigenvalue weighted by Crippen LogP contribution is 2.77. The molecule has 0 aromatic heterocycles. The molecular weight excluding hydrogens is 374 g/mol. The summed E-state index contributed by atoms with van der Waals surface area (Å²) in [6, 6.07) is -0.231. The van der Waals surface area contributed by atoms with E-state index in [1.807, 2.05) is 7.05 Å². The van der Waals surface area contributed by atoms with E-state index in [2.05, 4.69) is 17.6 Å². The fourth-order valence-electron chi connectivity index (χ4n) is 9.20. The van der Waals surface area contributed by atoms with Crippen LogP contribution >= 0.6 is 0 Å². The molecular formula is C22H29NO6. The van der Waals surface area contributed by atoms with Crippen molar-refractivity contribution in [3.8, 4) is 0 Å². The van der Waals surface area contributed by atoms with E-state index in [1.54, 1.807) is 7.11 Å². The van der Waals surface area contributed by atoms with Gasteiger partial charge < -0.3 is 24.8 Å². The van der Waals surface area contributed by atoms with Gasteiger partial charge in [-0.3, -0.25) is 9.69 Å². The SMILES string of the molecule is C=C1[C@@H]2C(C=O)=C[C@@]34[C@@H]5C[C@]6(O)[C@@H](OC)C[C@](O)([C@H]([C@H](OC)[C@H]13)[C@H]4N2C)[C@H]5[C@H]6O. The van der Waals surface area contributed by atoms with Crippen molar-refractivity contribution in [2.24, 2.45) is 29.1 Å². The summed E-state index contributed by atoms with van der Waals surface area (Å²) in [6.45, 7) is 4.39. The van der Waals surface area contributed by atoms with E-state index in [-0.39, 0.29) is 42.4 Å². The molecule has 7 nitrogen and oxygen atoms in total. The molecule has 0 amide bonds. The van der Waals surface area contributed by atoms with Crippen molar-refractivity contribution in [3.63, 3.8) is 0 Å². The van der Waals surface area contributed by atoms with Crippen molar-refractivity contribution in [3.05, 3.63) is 23.8 Å². The summed E-state index contributed by atoms with van der Waals surface area (Å²) >= 11 is 0. The van der Waals surface area contributed by atoms with Crippen LogP contribution in [0.25, 0.3) is 0 Å². The highest BCUT2D eigenvalue weighted by atomic mass is 16.5. The van der Waals surface area contributed by atoms with Crippen molar-refractivity contribution in [1.82, 2.24) is 4.90 Å². The molecule has 5 fully saturated rings. The molecule has 7 aliphatic rings. The Morgan fingerprint density at radius 3 is 2.55 bits per heavy atom. The highest BCUT2D eigenvalue weighted by Gasteiger charge is 2.85. The second-order valence-electron chi connectivity index (χ2n) is 10.2. The Labute approximate surface area is 170 Å². The Hall–Kier alpha value is -1.09. The number of aldehydes is 1. The summed E-state index contributed by atoms with van der Waals surface area (Å²) < 4.78 is 11.6. The standard InChI is InChI=1S/C22H29NO6/c1-9-13-17(29-4)15-18-20(13,5-10(8-24)16(9)23(18)2)11-6-21(26)12(28-3)7-22(15,27)14(11)19(21)25/h5,8,11-19,25-27H,1,6-7H2,2-4H3/t11-,12+,13+,14-,15-,16-,17-,18-,19-,20-,21+,22-/m1/s1. The smallest absolute Gasteiger partial charge is 0.147 e. The first-order valence-electron chi connectivity index (χ1n) is 10.5. The van der Waals surface area contributed by atoms with Gasteiger partial charge in [0.1, 0.15) is 11.9 Å². The predicted molar refractivity (Wildman–Crippen MR) is 102 cm³/mol. The number of hydrogen-bond donors (Lipinski definition) is 3. The van der Waals surface area contributed by atoms with Gasteiger partial charge in [0.25, 0.3) is 0 Å². The third-order valence-corrected chi connectivity index (χ3v) is 9.79. The molecule has 29 heavy (non-hydrogen) atoms. The number of rotatable bonds is 3. The van der Waals surface area contributed by atoms with Crippen LogP contribution in [0.3, 0.4) is 0 Å². The van der Waals surface area contributed by atoms with Crippen LogP contribution in [0.1, 0.15) is 12.8 Å². The number of carbonyl (C=O) groups is 1. The Morgan fingerprint density at radius 2 is 1.93 bits per heavy atom. The molecule has 3 N–H and O–H groups in total. The lowest BCUT2D eigenvalue weighted by Crippen LogP contribution is -2.73. The molecule has 1 saturated heterocycles. The average molecular weight is 403 g/mol. The quantitative estimate of drug-likeness (QED) is 0.432. The van der Waals surface area contributed by atoms with E-state index in [9.17, 15) is 20.1 Å². The summed E-state index contributed by atoms with van der Waals surface area (Å²) in [4.78, 5) is 14.2. The third-order valence-electron chi connectivity index (χ3n) is 9.79. The van der Waals surface area contributed by atoms with Crippen molar-refractivity contribution in [2.75, 3.05) is 21.3 Å². The first-order valence-corrected chi connectivity index (χ1v) is 10.5. The molecule has 7 heteroatoms.